The average molecular weight is 674 g/mol. The van der Waals surface area contributed by atoms with E-state index in [1.807, 2.05) is 48.5 Å². The van der Waals surface area contributed by atoms with E-state index in [9.17, 15) is 0 Å². The van der Waals surface area contributed by atoms with Crippen LogP contribution in [-0.4, -0.2) is 15.0 Å². The Hall–Kier alpha value is -5.87. The molecule has 2 aromatic heterocycles. The van der Waals surface area contributed by atoms with Crippen molar-refractivity contribution in [3.63, 3.8) is 0 Å². The first-order valence-corrected chi connectivity index (χ1v) is 18.2. The highest BCUT2D eigenvalue weighted by Crippen LogP contribution is 2.61. The largest absolute Gasteiger partial charge is 0.456 e. The van der Waals surface area contributed by atoms with Gasteiger partial charge in [0.1, 0.15) is 11.2 Å². The van der Waals surface area contributed by atoms with Crippen molar-refractivity contribution in [2.45, 2.75) is 57.8 Å². The maximum atomic E-state index is 6.26. The van der Waals surface area contributed by atoms with Gasteiger partial charge in [-0.2, -0.15) is 0 Å². The van der Waals surface area contributed by atoms with Gasteiger partial charge >= 0.3 is 0 Å². The normalized spacial score (nSPS) is 16.0. The number of benzene rings is 6. The first-order valence-electron chi connectivity index (χ1n) is 18.2. The lowest BCUT2D eigenvalue weighted by molar-refractivity contribution is 0.299. The molecule has 2 aliphatic carbocycles. The van der Waals surface area contributed by atoms with E-state index < -0.39 is 0 Å². The monoisotopic (exact) mass is 673 g/mol. The summed E-state index contributed by atoms with van der Waals surface area (Å²) in [5.74, 6) is 1.92. The summed E-state index contributed by atoms with van der Waals surface area (Å²) >= 11 is 0. The Morgan fingerprint density at radius 2 is 1.10 bits per heavy atom. The maximum Gasteiger partial charge on any atom is 0.164 e. The van der Waals surface area contributed by atoms with Gasteiger partial charge in [0.05, 0.1) is 0 Å². The molecule has 0 unspecified atom stereocenters. The lowest BCUT2D eigenvalue weighted by Gasteiger charge is -2.49. The Labute approximate surface area is 304 Å². The maximum absolute atomic E-state index is 6.26. The molecule has 8 aromatic rings. The van der Waals surface area contributed by atoms with Gasteiger partial charge in [0.15, 0.2) is 17.5 Å². The van der Waals surface area contributed by atoms with Gasteiger partial charge in [-0.15, -0.1) is 0 Å². The van der Waals surface area contributed by atoms with Crippen molar-refractivity contribution in [1.82, 2.24) is 15.0 Å². The summed E-state index contributed by atoms with van der Waals surface area (Å²) in [6.07, 6.45) is 0. The van der Waals surface area contributed by atoms with Gasteiger partial charge in [-0.05, 0) is 68.1 Å². The van der Waals surface area contributed by atoms with E-state index >= 15 is 0 Å². The Bertz CT molecular complexity index is 2770. The third-order valence-corrected chi connectivity index (χ3v) is 12.5. The number of rotatable bonds is 3. The van der Waals surface area contributed by atoms with Crippen LogP contribution in [0.5, 0.6) is 0 Å². The number of nitrogens with zero attached hydrogens (tertiary/aromatic N) is 3. The topological polar surface area (TPSA) is 51.8 Å². The minimum atomic E-state index is -0.216. The molecule has 10 rings (SSSR count). The van der Waals surface area contributed by atoms with Crippen molar-refractivity contribution in [3.8, 4) is 56.4 Å². The van der Waals surface area contributed by atoms with Gasteiger partial charge in [0.2, 0.25) is 0 Å². The van der Waals surface area contributed by atoms with E-state index in [1.54, 1.807) is 0 Å². The molecule has 0 bridgehead atoms. The molecule has 2 heterocycles. The Balaban J connectivity index is 1.19. The number of hydrogen-bond donors (Lipinski definition) is 0. The minimum Gasteiger partial charge on any atom is -0.456 e. The van der Waals surface area contributed by atoms with E-state index in [2.05, 4.69) is 120 Å². The number of aromatic nitrogens is 3. The fourth-order valence-corrected chi connectivity index (χ4v) is 9.06. The molecule has 0 saturated carbocycles. The molecule has 0 amide bonds. The second-order valence-corrected chi connectivity index (χ2v) is 16.0. The summed E-state index contributed by atoms with van der Waals surface area (Å²) < 4.78 is 6.26. The highest BCUT2D eigenvalue weighted by atomic mass is 16.3. The second-order valence-electron chi connectivity index (χ2n) is 16.0. The zero-order valence-corrected chi connectivity index (χ0v) is 30.4. The molecule has 0 atom stereocenters. The summed E-state index contributed by atoms with van der Waals surface area (Å²) in [7, 11) is 0. The summed E-state index contributed by atoms with van der Waals surface area (Å²) in [6.45, 7) is 14.4. The molecule has 0 N–H and O–H groups in total. The van der Waals surface area contributed by atoms with Gasteiger partial charge in [-0.3, -0.25) is 0 Å². The van der Waals surface area contributed by atoms with Crippen molar-refractivity contribution in [2.24, 2.45) is 0 Å². The van der Waals surface area contributed by atoms with E-state index in [0.717, 1.165) is 38.6 Å². The molecular weight excluding hydrogens is 635 g/mol. The molecule has 52 heavy (non-hydrogen) atoms. The number of para-hydroxylation sites is 1. The van der Waals surface area contributed by atoms with E-state index in [0.29, 0.717) is 17.5 Å². The minimum absolute atomic E-state index is 0.0587. The zero-order valence-electron chi connectivity index (χ0n) is 30.4. The molecule has 4 heteroatoms. The molecule has 0 aliphatic heterocycles. The lowest BCUT2D eigenvalue weighted by Crippen LogP contribution is -2.44. The van der Waals surface area contributed by atoms with Crippen molar-refractivity contribution in [3.05, 3.63) is 150 Å². The summed E-state index contributed by atoms with van der Waals surface area (Å²) in [5.41, 5.74) is 15.0. The first kappa shape index (κ1) is 30.9. The van der Waals surface area contributed by atoms with Crippen LogP contribution in [0.1, 0.15) is 63.8 Å². The molecule has 4 nitrogen and oxygen atoms in total. The van der Waals surface area contributed by atoms with Gasteiger partial charge in [0.25, 0.3) is 0 Å². The van der Waals surface area contributed by atoms with Crippen LogP contribution < -0.4 is 0 Å². The molecule has 2 aliphatic rings. The van der Waals surface area contributed by atoms with Crippen LogP contribution in [0.25, 0.3) is 78.4 Å². The molecule has 6 aromatic carbocycles. The predicted molar refractivity (Wildman–Crippen MR) is 212 cm³/mol. The molecule has 252 valence electrons. The fraction of sp³-hybridized carbons (Fsp3) is 0.188. The van der Waals surface area contributed by atoms with Crippen molar-refractivity contribution in [2.75, 3.05) is 0 Å². The quantitative estimate of drug-likeness (QED) is 0.187. The Kier molecular flexibility index (Phi) is 6.29. The van der Waals surface area contributed by atoms with Gasteiger partial charge in [0, 0.05) is 38.3 Å². The van der Waals surface area contributed by atoms with Crippen LogP contribution in [0.15, 0.2) is 132 Å². The Morgan fingerprint density at radius 3 is 1.92 bits per heavy atom. The van der Waals surface area contributed by atoms with Crippen molar-refractivity contribution < 1.29 is 4.42 Å². The zero-order chi connectivity index (χ0) is 35.6. The van der Waals surface area contributed by atoms with Gasteiger partial charge in [-0.1, -0.05) is 151 Å². The molecule has 0 fully saturated rings. The standard InChI is InChI=1S/C48H39N3O/c1-46(2)36-26-25-31-30-17-10-12-20-35(30)47(3,4)48(5,6)42(31)41(36)32-24-23-29(27-37(32)46)44-49-43(28-15-8-7-9-16-28)50-45(51-44)34-19-14-22-39-40(34)33-18-11-13-21-38(33)52-39/h7-27H,1-6H3. The predicted octanol–water partition coefficient (Wildman–Crippen LogP) is 12.3. The number of furan rings is 1. The highest BCUT2D eigenvalue weighted by Gasteiger charge is 2.50. The lowest BCUT2D eigenvalue weighted by atomic mass is 9.54. The van der Waals surface area contributed by atoms with Crippen LogP contribution >= 0.6 is 0 Å². The first-order chi connectivity index (χ1) is 25.1. The Morgan fingerprint density at radius 1 is 0.442 bits per heavy atom. The highest BCUT2D eigenvalue weighted by molar-refractivity contribution is 6.11. The van der Waals surface area contributed by atoms with Crippen LogP contribution in [0.4, 0.5) is 0 Å². The molecule has 0 spiro atoms. The SMILES string of the molecule is CC1(C)c2cc(-c3nc(-c4ccccc4)nc(-c4cccc5oc6ccccc6c45)n3)ccc2-c2c1ccc1c2C(C)(C)C(C)(C)c2ccccc2-1. The third kappa shape index (κ3) is 4.12. The van der Waals surface area contributed by atoms with Crippen LogP contribution in [-0.2, 0) is 16.2 Å². The van der Waals surface area contributed by atoms with Crippen LogP contribution in [0.2, 0.25) is 0 Å². The summed E-state index contributed by atoms with van der Waals surface area (Å²) in [4.78, 5) is 15.5. The van der Waals surface area contributed by atoms with Gasteiger partial charge < -0.3 is 4.42 Å². The number of hydrogen-bond acceptors (Lipinski definition) is 4. The van der Waals surface area contributed by atoms with Gasteiger partial charge in [-0.25, -0.2) is 15.0 Å². The van der Waals surface area contributed by atoms with Crippen LogP contribution in [0, 0.1) is 0 Å². The van der Waals surface area contributed by atoms with E-state index in [-0.39, 0.29) is 16.2 Å². The van der Waals surface area contributed by atoms with Crippen molar-refractivity contribution in [1.29, 1.82) is 0 Å². The molecule has 0 saturated heterocycles. The molecular formula is C48H39N3O. The van der Waals surface area contributed by atoms with Crippen LogP contribution in [0.3, 0.4) is 0 Å². The smallest absolute Gasteiger partial charge is 0.164 e. The second kappa shape index (κ2) is 10.6. The number of fused-ring (bicyclic) bond motifs is 10. The summed E-state index contributed by atoms with van der Waals surface area (Å²) in [6, 6.07) is 45.1. The average Bonchev–Trinajstić information content (AvgIpc) is 3.66. The molecule has 0 radical (unpaired) electrons. The summed E-state index contributed by atoms with van der Waals surface area (Å²) in [5, 5.41) is 2.06. The third-order valence-electron chi connectivity index (χ3n) is 12.5. The fourth-order valence-electron chi connectivity index (χ4n) is 9.06. The van der Waals surface area contributed by atoms with E-state index in [1.165, 1.54) is 44.5 Å². The van der Waals surface area contributed by atoms with Crippen molar-refractivity contribution >= 4 is 21.9 Å². The van der Waals surface area contributed by atoms with E-state index in [4.69, 9.17) is 19.4 Å².